The van der Waals surface area contributed by atoms with Crippen LogP contribution in [0.2, 0.25) is 0 Å². The molecule has 0 saturated carbocycles. The fourth-order valence-electron chi connectivity index (χ4n) is 4.04. The van der Waals surface area contributed by atoms with Crippen LogP contribution in [-0.4, -0.2) is 11.1 Å². The number of carboxylic acids is 1. The second-order valence-corrected chi connectivity index (χ2v) is 11.5. The first-order valence-electron chi connectivity index (χ1n) is 13.0. The molecule has 0 radical (unpaired) electrons. The number of hydrogen-bond acceptors (Lipinski definition) is 3. The molecule has 1 N–H and O–H groups in total. The predicted octanol–water partition coefficient (Wildman–Crippen LogP) is 10.1. The van der Waals surface area contributed by atoms with Crippen LogP contribution in [0.25, 0.3) is 24.3 Å². The lowest BCUT2D eigenvalue weighted by Gasteiger charge is -2.02. The minimum absolute atomic E-state index is 0.317. The van der Waals surface area contributed by atoms with Crippen molar-refractivity contribution in [3.8, 4) is 0 Å². The van der Waals surface area contributed by atoms with Crippen molar-refractivity contribution < 1.29 is 9.90 Å². The van der Waals surface area contributed by atoms with Crippen LogP contribution in [0.15, 0.2) is 42.5 Å². The Kier molecular flexibility index (Phi) is 11.5. The summed E-state index contributed by atoms with van der Waals surface area (Å²) in [6.45, 7) is 4.48. The van der Waals surface area contributed by atoms with Gasteiger partial charge in [0, 0.05) is 19.5 Å². The van der Waals surface area contributed by atoms with Gasteiger partial charge in [-0.15, -0.1) is 22.7 Å². The maximum absolute atomic E-state index is 11.7. The lowest BCUT2D eigenvalue weighted by Crippen LogP contribution is -1.97. The number of aryl methyl sites for hydroxylation is 2. The van der Waals surface area contributed by atoms with Gasteiger partial charge in [-0.2, -0.15) is 0 Å². The van der Waals surface area contributed by atoms with Crippen LogP contribution in [0.1, 0.15) is 106 Å². The highest BCUT2D eigenvalue weighted by atomic mass is 32.1. The highest BCUT2D eigenvalue weighted by molar-refractivity contribution is 7.13. The van der Waals surface area contributed by atoms with Crippen LogP contribution in [0.4, 0.5) is 0 Å². The van der Waals surface area contributed by atoms with Crippen LogP contribution in [0.3, 0.4) is 0 Å². The van der Waals surface area contributed by atoms with Crippen molar-refractivity contribution in [2.45, 2.75) is 78.1 Å². The lowest BCUT2D eigenvalue weighted by molar-refractivity contribution is 0.0697. The topological polar surface area (TPSA) is 37.3 Å². The van der Waals surface area contributed by atoms with Crippen molar-refractivity contribution in [3.05, 3.63) is 78.7 Å². The predicted molar refractivity (Wildman–Crippen MR) is 156 cm³/mol. The molecule has 2 nitrogen and oxygen atoms in total. The maximum Gasteiger partial charge on any atom is 0.335 e. The van der Waals surface area contributed by atoms with Crippen molar-refractivity contribution >= 4 is 52.9 Å². The van der Waals surface area contributed by atoms with Crippen molar-refractivity contribution in [3.63, 3.8) is 0 Å². The summed E-state index contributed by atoms with van der Waals surface area (Å²) in [6, 6.07) is 14.3. The second-order valence-electron chi connectivity index (χ2n) is 9.09. The number of aromatic carboxylic acids is 1. The van der Waals surface area contributed by atoms with Crippen molar-refractivity contribution in [2.24, 2.45) is 0 Å². The molecule has 0 fully saturated rings. The third-order valence-electron chi connectivity index (χ3n) is 6.02. The van der Waals surface area contributed by atoms with Gasteiger partial charge in [0.25, 0.3) is 0 Å². The van der Waals surface area contributed by atoms with Gasteiger partial charge in [-0.3, -0.25) is 0 Å². The largest absolute Gasteiger partial charge is 0.478 e. The smallest absolute Gasteiger partial charge is 0.335 e. The molecule has 0 unspecified atom stereocenters. The quantitative estimate of drug-likeness (QED) is 0.208. The van der Waals surface area contributed by atoms with E-state index in [1.54, 1.807) is 12.1 Å². The molecule has 0 aliphatic rings. The zero-order chi connectivity index (χ0) is 24.9. The van der Waals surface area contributed by atoms with Gasteiger partial charge in [0.15, 0.2) is 0 Å². The Morgan fingerprint density at radius 2 is 1.17 bits per heavy atom. The van der Waals surface area contributed by atoms with E-state index in [1.807, 2.05) is 34.8 Å². The molecule has 186 valence electrons. The zero-order valence-electron chi connectivity index (χ0n) is 21.1. The highest BCUT2D eigenvalue weighted by Crippen LogP contribution is 2.24. The minimum Gasteiger partial charge on any atom is -0.478 e. The van der Waals surface area contributed by atoms with Gasteiger partial charge in [0.05, 0.1) is 5.56 Å². The van der Waals surface area contributed by atoms with Crippen molar-refractivity contribution in [1.82, 2.24) is 0 Å². The first-order valence-corrected chi connectivity index (χ1v) is 14.6. The Morgan fingerprint density at radius 1 is 0.686 bits per heavy atom. The van der Waals surface area contributed by atoms with Crippen LogP contribution >= 0.6 is 22.7 Å². The molecule has 35 heavy (non-hydrogen) atoms. The number of unbranched alkanes of at least 4 members (excludes halogenated alkanes) is 6. The first kappa shape index (κ1) is 27.2. The summed E-state index contributed by atoms with van der Waals surface area (Å²) in [6.07, 6.45) is 20.8. The maximum atomic E-state index is 11.7. The molecule has 0 saturated heterocycles. The van der Waals surface area contributed by atoms with Crippen LogP contribution in [-0.2, 0) is 12.8 Å². The second kappa shape index (κ2) is 14.9. The average molecular weight is 507 g/mol. The van der Waals surface area contributed by atoms with Gasteiger partial charge in [-0.25, -0.2) is 4.79 Å². The van der Waals surface area contributed by atoms with E-state index in [0.29, 0.717) is 5.56 Å². The summed E-state index contributed by atoms with van der Waals surface area (Å²) in [7, 11) is 0. The Morgan fingerprint density at radius 3 is 1.60 bits per heavy atom. The summed E-state index contributed by atoms with van der Waals surface area (Å²) >= 11 is 3.65. The highest BCUT2D eigenvalue weighted by Gasteiger charge is 2.06. The minimum atomic E-state index is -0.897. The fourth-order valence-corrected chi connectivity index (χ4v) is 5.95. The van der Waals surface area contributed by atoms with E-state index in [2.05, 4.69) is 56.3 Å². The van der Waals surface area contributed by atoms with Gasteiger partial charge >= 0.3 is 5.97 Å². The molecule has 2 aromatic heterocycles. The van der Waals surface area contributed by atoms with Gasteiger partial charge < -0.3 is 5.11 Å². The molecule has 0 amide bonds. The van der Waals surface area contributed by atoms with Crippen molar-refractivity contribution in [1.29, 1.82) is 0 Å². The molecule has 3 rings (SSSR count). The van der Waals surface area contributed by atoms with E-state index in [9.17, 15) is 9.90 Å². The Bertz CT molecular complexity index is 1040. The van der Waals surface area contributed by atoms with E-state index < -0.39 is 5.97 Å². The monoisotopic (exact) mass is 506 g/mol. The molecular weight excluding hydrogens is 468 g/mol. The summed E-state index contributed by atoms with van der Waals surface area (Å²) in [5, 5.41) is 9.61. The molecule has 0 aliphatic heterocycles. The van der Waals surface area contributed by atoms with Gasteiger partial charge in [0.1, 0.15) is 0 Å². The van der Waals surface area contributed by atoms with Gasteiger partial charge in [0.2, 0.25) is 0 Å². The normalized spacial score (nSPS) is 11.7. The van der Waals surface area contributed by atoms with E-state index in [1.165, 1.54) is 70.9 Å². The number of rotatable bonds is 15. The van der Waals surface area contributed by atoms with Crippen LogP contribution in [0, 0.1) is 0 Å². The molecule has 1 aromatic carbocycles. The van der Waals surface area contributed by atoms with Crippen molar-refractivity contribution in [2.75, 3.05) is 0 Å². The molecule has 0 atom stereocenters. The first-order chi connectivity index (χ1) is 17.1. The Balaban J connectivity index is 1.66. The van der Waals surface area contributed by atoms with Gasteiger partial charge in [-0.05, 0) is 91.4 Å². The third kappa shape index (κ3) is 9.62. The molecule has 4 heteroatoms. The van der Waals surface area contributed by atoms with Crippen LogP contribution < -0.4 is 0 Å². The molecule has 0 spiro atoms. The molecule has 3 aromatic rings. The molecule has 0 aliphatic carbocycles. The van der Waals surface area contributed by atoms with Gasteiger partial charge in [-0.1, -0.05) is 64.5 Å². The third-order valence-corrected chi connectivity index (χ3v) is 8.24. The Hall–Kier alpha value is -2.43. The number of benzene rings is 1. The number of carbonyl (C=O) groups is 1. The number of thiophene rings is 2. The van der Waals surface area contributed by atoms with E-state index in [4.69, 9.17) is 0 Å². The summed E-state index contributed by atoms with van der Waals surface area (Å²) in [4.78, 5) is 17.0. The molecular formula is C31H38O2S2. The lowest BCUT2D eigenvalue weighted by atomic mass is 10.0. The Labute approximate surface area is 219 Å². The fraction of sp³-hybridized carbons (Fsp3) is 0.387. The number of hydrogen-bond donors (Lipinski definition) is 1. The summed E-state index contributed by atoms with van der Waals surface area (Å²) in [5.41, 5.74) is 2.13. The summed E-state index contributed by atoms with van der Waals surface area (Å²) < 4.78 is 0. The van der Waals surface area contributed by atoms with E-state index in [0.717, 1.165) is 24.0 Å². The SMILES string of the molecule is CCCCCCc1ccc(/C=C/c2cc(/C=C/c3ccc(CCCCCC)s3)cc(C(=O)O)c2)s1. The van der Waals surface area contributed by atoms with E-state index in [-0.39, 0.29) is 0 Å². The summed E-state index contributed by atoms with van der Waals surface area (Å²) in [5.74, 6) is -0.897. The zero-order valence-corrected chi connectivity index (χ0v) is 22.7. The van der Waals surface area contributed by atoms with E-state index >= 15 is 0 Å². The standard InChI is InChI=1S/C31H38O2S2/c1-3-5-7-9-11-27-17-19-29(34-27)15-13-24-21-25(23-26(22-24)31(32)33)14-16-30-20-18-28(35-30)12-10-8-6-4-2/h13-23H,3-12H2,1-2H3,(H,32,33)/b15-13+,16-14+. The van der Waals surface area contributed by atoms with Crippen LogP contribution in [0.5, 0.6) is 0 Å². The molecule has 2 heterocycles. The average Bonchev–Trinajstić information content (AvgIpc) is 3.51. The number of carboxylic acid groups (broad SMARTS) is 1. The molecule has 0 bridgehead atoms.